The molecule has 0 fully saturated rings. The Morgan fingerprint density at radius 3 is 2.58 bits per heavy atom. The van der Waals surface area contributed by atoms with Crippen molar-refractivity contribution < 1.29 is 8.42 Å². The molecule has 2 N–H and O–H groups in total. The summed E-state index contributed by atoms with van der Waals surface area (Å²) in [5, 5.41) is 3.00. The van der Waals surface area contributed by atoms with Gasteiger partial charge in [0.1, 0.15) is 5.82 Å². The van der Waals surface area contributed by atoms with Crippen molar-refractivity contribution in [1.29, 1.82) is 0 Å². The molecule has 108 valence electrons. The van der Waals surface area contributed by atoms with Crippen LogP contribution in [0.4, 0.5) is 5.82 Å². The van der Waals surface area contributed by atoms with Gasteiger partial charge in [0, 0.05) is 24.8 Å². The predicted molar refractivity (Wildman–Crippen MR) is 77.6 cm³/mol. The van der Waals surface area contributed by atoms with Crippen LogP contribution >= 0.6 is 0 Å². The van der Waals surface area contributed by atoms with Gasteiger partial charge in [0.05, 0.1) is 4.90 Å². The van der Waals surface area contributed by atoms with Crippen LogP contribution in [0, 0.1) is 5.92 Å². The second-order valence-electron chi connectivity index (χ2n) is 5.06. The van der Waals surface area contributed by atoms with Crippen molar-refractivity contribution in [3.8, 4) is 0 Å². The summed E-state index contributed by atoms with van der Waals surface area (Å²) in [7, 11) is -3.48. The summed E-state index contributed by atoms with van der Waals surface area (Å²) in [6.07, 6.45) is 2.31. The van der Waals surface area contributed by atoms with Crippen LogP contribution < -0.4 is 10.0 Å². The third-order valence-corrected chi connectivity index (χ3v) is 4.17. The highest BCUT2D eigenvalue weighted by Gasteiger charge is 2.18. The smallest absolute Gasteiger partial charge is 0.240 e. The highest BCUT2D eigenvalue weighted by Crippen LogP contribution is 2.14. The van der Waals surface area contributed by atoms with E-state index in [9.17, 15) is 8.42 Å². The number of nitrogens with zero attached hydrogens (tertiary/aromatic N) is 1. The molecule has 1 heterocycles. The Balaban J connectivity index is 2.84. The molecule has 0 saturated carbocycles. The molecule has 1 aromatic rings. The molecule has 1 aromatic heterocycles. The monoisotopic (exact) mass is 285 g/mol. The van der Waals surface area contributed by atoms with Gasteiger partial charge in [0.2, 0.25) is 10.0 Å². The lowest BCUT2D eigenvalue weighted by molar-refractivity contribution is 0.482. The van der Waals surface area contributed by atoms with E-state index in [1.54, 1.807) is 6.07 Å². The van der Waals surface area contributed by atoms with Gasteiger partial charge >= 0.3 is 0 Å². The molecule has 6 heteroatoms. The highest BCUT2D eigenvalue weighted by molar-refractivity contribution is 7.89. The first-order chi connectivity index (χ1) is 8.85. The number of aromatic nitrogens is 1. The first kappa shape index (κ1) is 15.9. The standard InChI is InChI=1S/C13H23N3O2S/c1-5-14-13-9-12(6-7-15-13)19(17,18)16-11(4)8-10(2)3/h6-7,9-11,16H,5,8H2,1-4H3,(H,14,15). The van der Waals surface area contributed by atoms with Crippen LogP contribution in [0.15, 0.2) is 23.2 Å². The minimum absolute atomic E-state index is 0.0826. The third-order valence-electron chi connectivity index (χ3n) is 2.58. The van der Waals surface area contributed by atoms with E-state index in [0.717, 1.165) is 6.42 Å². The van der Waals surface area contributed by atoms with Gasteiger partial charge in [-0.15, -0.1) is 0 Å². The predicted octanol–water partition coefficient (Wildman–Crippen LogP) is 2.23. The Kier molecular flexibility index (Phi) is 5.75. The van der Waals surface area contributed by atoms with Crippen LogP contribution in [-0.2, 0) is 10.0 Å². The molecule has 0 aliphatic carbocycles. The molecule has 0 radical (unpaired) electrons. The summed E-state index contributed by atoms with van der Waals surface area (Å²) in [6, 6.07) is 2.97. The maximum atomic E-state index is 12.2. The molecule has 0 aliphatic rings. The normalized spacial score (nSPS) is 13.5. The molecule has 1 atom stereocenters. The first-order valence-corrected chi connectivity index (χ1v) is 8.05. The maximum absolute atomic E-state index is 12.2. The molecule has 0 amide bonds. The van der Waals surface area contributed by atoms with Gasteiger partial charge in [-0.3, -0.25) is 0 Å². The van der Waals surface area contributed by atoms with Crippen molar-refractivity contribution in [1.82, 2.24) is 9.71 Å². The lowest BCUT2D eigenvalue weighted by Gasteiger charge is -2.16. The number of pyridine rings is 1. The van der Waals surface area contributed by atoms with Gasteiger partial charge in [-0.1, -0.05) is 13.8 Å². The lowest BCUT2D eigenvalue weighted by atomic mass is 10.1. The summed E-state index contributed by atoms with van der Waals surface area (Å²) in [6.45, 7) is 8.66. The molecule has 5 nitrogen and oxygen atoms in total. The van der Waals surface area contributed by atoms with Crippen molar-refractivity contribution in [3.05, 3.63) is 18.3 Å². The molecule has 1 rings (SSSR count). The van der Waals surface area contributed by atoms with Crippen molar-refractivity contribution in [2.75, 3.05) is 11.9 Å². The second kappa shape index (κ2) is 6.86. The summed E-state index contributed by atoms with van der Waals surface area (Å²) in [4.78, 5) is 4.31. The quantitative estimate of drug-likeness (QED) is 0.806. The zero-order valence-corrected chi connectivity index (χ0v) is 12.8. The van der Waals surface area contributed by atoms with E-state index in [4.69, 9.17) is 0 Å². The molecular weight excluding hydrogens is 262 g/mol. The van der Waals surface area contributed by atoms with E-state index in [2.05, 4.69) is 28.9 Å². The maximum Gasteiger partial charge on any atom is 0.240 e. The van der Waals surface area contributed by atoms with Crippen molar-refractivity contribution >= 4 is 15.8 Å². The van der Waals surface area contributed by atoms with E-state index in [0.29, 0.717) is 18.3 Å². The van der Waals surface area contributed by atoms with E-state index in [1.807, 2.05) is 13.8 Å². The summed E-state index contributed by atoms with van der Waals surface area (Å²) < 4.78 is 27.1. The number of nitrogens with one attached hydrogen (secondary N) is 2. The van der Waals surface area contributed by atoms with Crippen molar-refractivity contribution in [2.24, 2.45) is 5.92 Å². The minimum atomic E-state index is -3.48. The molecule has 19 heavy (non-hydrogen) atoms. The third kappa shape index (κ3) is 5.16. The zero-order chi connectivity index (χ0) is 14.5. The van der Waals surface area contributed by atoms with E-state index in [1.165, 1.54) is 12.3 Å². The highest BCUT2D eigenvalue weighted by atomic mass is 32.2. The van der Waals surface area contributed by atoms with Gasteiger partial charge in [0.25, 0.3) is 0 Å². The largest absolute Gasteiger partial charge is 0.370 e. The van der Waals surface area contributed by atoms with Crippen LogP contribution in [0.5, 0.6) is 0 Å². The lowest BCUT2D eigenvalue weighted by Crippen LogP contribution is -2.33. The fourth-order valence-electron chi connectivity index (χ4n) is 1.94. The van der Waals surface area contributed by atoms with Crippen LogP contribution in [-0.4, -0.2) is 26.0 Å². The Morgan fingerprint density at radius 2 is 2.00 bits per heavy atom. The average Bonchev–Trinajstić information content (AvgIpc) is 2.27. The summed E-state index contributed by atoms with van der Waals surface area (Å²) in [5.41, 5.74) is 0. The van der Waals surface area contributed by atoms with E-state index in [-0.39, 0.29) is 10.9 Å². The fraction of sp³-hybridized carbons (Fsp3) is 0.615. The average molecular weight is 285 g/mol. The number of hydrogen-bond donors (Lipinski definition) is 2. The van der Waals surface area contributed by atoms with E-state index < -0.39 is 10.0 Å². The summed E-state index contributed by atoms with van der Waals surface area (Å²) >= 11 is 0. The Bertz CT molecular complexity index is 500. The van der Waals surface area contributed by atoms with Crippen LogP contribution in [0.25, 0.3) is 0 Å². The van der Waals surface area contributed by atoms with Crippen LogP contribution in [0.1, 0.15) is 34.1 Å². The van der Waals surface area contributed by atoms with Gasteiger partial charge in [-0.05, 0) is 32.3 Å². The molecule has 0 aromatic carbocycles. The molecule has 1 unspecified atom stereocenters. The Hall–Kier alpha value is -1.14. The van der Waals surface area contributed by atoms with Gasteiger partial charge < -0.3 is 5.32 Å². The van der Waals surface area contributed by atoms with Crippen LogP contribution in [0.3, 0.4) is 0 Å². The second-order valence-corrected chi connectivity index (χ2v) is 6.77. The Morgan fingerprint density at radius 1 is 1.32 bits per heavy atom. The first-order valence-electron chi connectivity index (χ1n) is 6.57. The number of sulfonamides is 1. The molecule has 0 spiro atoms. The van der Waals surface area contributed by atoms with Crippen molar-refractivity contribution in [2.45, 2.75) is 45.1 Å². The number of anilines is 1. The van der Waals surface area contributed by atoms with Crippen molar-refractivity contribution in [3.63, 3.8) is 0 Å². The topological polar surface area (TPSA) is 71.1 Å². The molecule has 0 bridgehead atoms. The summed E-state index contributed by atoms with van der Waals surface area (Å²) in [5.74, 6) is 1.02. The number of rotatable bonds is 7. The SMILES string of the molecule is CCNc1cc(S(=O)(=O)NC(C)CC(C)C)ccn1. The van der Waals surface area contributed by atoms with Gasteiger partial charge in [0.15, 0.2) is 0 Å². The Labute approximate surface area is 115 Å². The fourth-order valence-corrected chi connectivity index (χ4v) is 3.21. The zero-order valence-electron chi connectivity index (χ0n) is 12.0. The molecule has 0 aliphatic heterocycles. The van der Waals surface area contributed by atoms with Gasteiger partial charge in [-0.2, -0.15) is 0 Å². The van der Waals surface area contributed by atoms with Crippen LogP contribution in [0.2, 0.25) is 0 Å². The minimum Gasteiger partial charge on any atom is -0.370 e. The van der Waals surface area contributed by atoms with Gasteiger partial charge in [-0.25, -0.2) is 18.1 Å². The molecule has 0 saturated heterocycles. The molecular formula is C13H23N3O2S. The van der Waals surface area contributed by atoms with E-state index >= 15 is 0 Å². The number of hydrogen-bond acceptors (Lipinski definition) is 4.